The van der Waals surface area contributed by atoms with Gasteiger partial charge in [-0.3, -0.25) is 4.79 Å². The summed E-state index contributed by atoms with van der Waals surface area (Å²) in [6, 6.07) is 5.48. The van der Waals surface area contributed by atoms with Gasteiger partial charge in [0.15, 0.2) is 11.6 Å². The molecular weight excluding hydrogens is 428 g/mol. The van der Waals surface area contributed by atoms with Crippen LogP contribution in [0.3, 0.4) is 0 Å². The van der Waals surface area contributed by atoms with Gasteiger partial charge in [-0.1, -0.05) is 13.3 Å². The molecule has 9 heteroatoms. The number of anilines is 1. The number of piperidine rings is 1. The van der Waals surface area contributed by atoms with Crippen LogP contribution in [0.1, 0.15) is 37.3 Å². The van der Waals surface area contributed by atoms with Crippen LogP contribution in [0.2, 0.25) is 0 Å². The molecular formula is C24H23F2N5O2. The van der Waals surface area contributed by atoms with E-state index in [-0.39, 0.29) is 23.0 Å². The summed E-state index contributed by atoms with van der Waals surface area (Å²) in [7, 11) is 0. The number of hydrogen-bond donors (Lipinski definition) is 1. The Kier molecular flexibility index (Phi) is 6.63. The molecule has 1 aliphatic rings. The molecule has 3 heterocycles. The summed E-state index contributed by atoms with van der Waals surface area (Å²) >= 11 is 0. The van der Waals surface area contributed by atoms with E-state index in [9.17, 15) is 13.6 Å². The molecule has 2 aromatic heterocycles. The second-order valence-electron chi connectivity index (χ2n) is 7.89. The summed E-state index contributed by atoms with van der Waals surface area (Å²) in [4.78, 5) is 26.0. The smallest absolute Gasteiger partial charge is 0.259 e. The Bertz CT molecular complexity index is 1230. The van der Waals surface area contributed by atoms with Crippen LogP contribution in [0.15, 0.2) is 41.6 Å². The van der Waals surface area contributed by atoms with E-state index in [2.05, 4.69) is 26.8 Å². The van der Waals surface area contributed by atoms with Crippen molar-refractivity contribution in [2.75, 3.05) is 18.0 Å². The average Bonchev–Trinajstić information content (AvgIpc) is 2.83. The minimum Gasteiger partial charge on any atom is -0.489 e. The normalized spacial score (nSPS) is 14.2. The van der Waals surface area contributed by atoms with Gasteiger partial charge in [-0.25, -0.2) is 18.7 Å². The van der Waals surface area contributed by atoms with E-state index >= 15 is 0 Å². The van der Waals surface area contributed by atoms with Gasteiger partial charge in [0.2, 0.25) is 5.95 Å². The minimum absolute atomic E-state index is 0.101. The molecule has 1 aromatic carbocycles. The van der Waals surface area contributed by atoms with E-state index in [4.69, 9.17) is 10.00 Å². The van der Waals surface area contributed by atoms with Crippen LogP contribution in [0.25, 0.3) is 11.1 Å². The molecule has 1 fully saturated rings. The van der Waals surface area contributed by atoms with Gasteiger partial charge >= 0.3 is 0 Å². The fourth-order valence-electron chi connectivity index (χ4n) is 3.92. The molecule has 1 N–H and O–H groups in total. The number of aromatic amines is 1. The predicted molar refractivity (Wildman–Crippen MR) is 119 cm³/mol. The fraction of sp³-hybridized carbons (Fsp3) is 0.333. The zero-order valence-corrected chi connectivity index (χ0v) is 18.1. The number of aromatic nitrogens is 3. The van der Waals surface area contributed by atoms with Crippen LogP contribution in [-0.2, 0) is 6.42 Å². The van der Waals surface area contributed by atoms with E-state index in [1.807, 2.05) is 12.4 Å². The molecule has 0 saturated carbocycles. The number of nitriles is 1. The Morgan fingerprint density at radius 1 is 1.18 bits per heavy atom. The third kappa shape index (κ3) is 4.70. The topological polar surface area (TPSA) is 94.9 Å². The van der Waals surface area contributed by atoms with Gasteiger partial charge in [-0.2, -0.15) is 5.26 Å². The molecule has 0 atom stereocenters. The van der Waals surface area contributed by atoms with Gasteiger partial charge in [0.25, 0.3) is 5.56 Å². The van der Waals surface area contributed by atoms with E-state index in [0.717, 1.165) is 24.5 Å². The average molecular weight is 451 g/mol. The number of nitrogens with one attached hydrogen (secondary N) is 1. The van der Waals surface area contributed by atoms with Gasteiger partial charge < -0.3 is 14.6 Å². The van der Waals surface area contributed by atoms with Crippen molar-refractivity contribution in [2.24, 2.45) is 0 Å². The van der Waals surface area contributed by atoms with Crippen LogP contribution < -0.4 is 15.2 Å². The van der Waals surface area contributed by atoms with Crippen molar-refractivity contribution in [1.29, 1.82) is 5.26 Å². The van der Waals surface area contributed by atoms with E-state index < -0.39 is 22.8 Å². The van der Waals surface area contributed by atoms with Gasteiger partial charge in [-0.15, -0.1) is 0 Å². The van der Waals surface area contributed by atoms with Gasteiger partial charge in [0.05, 0.1) is 11.1 Å². The maximum Gasteiger partial charge on any atom is 0.259 e. The first-order chi connectivity index (χ1) is 16.0. The molecule has 0 unspecified atom stereocenters. The number of hydrogen-bond acceptors (Lipinski definition) is 6. The molecule has 0 radical (unpaired) electrons. The first kappa shape index (κ1) is 22.4. The zero-order valence-electron chi connectivity index (χ0n) is 18.1. The van der Waals surface area contributed by atoms with Gasteiger partial charge in [0, 0.05) is 50.1 Å². The molecule has 1 saturated heterocycles. The fourth-order valence-corrected chi connectivity index (χ4v) is 3.92. The van der Waals surface area contributed by atoms with E-state index in [1.54, 1.807) is 6.07 Å². The number of halogens is 2. The highest BCUT2D eigenvalue weighted by Gasteiger charge is 2.25. The molecule has 0 aliphatic carbocycles. The van der Waals surface area contributed by atoms with Crippen molar-refractivity contribution in [3.63, 3.8) is 0 Å². The first-order valence-electron chi connectivity index (χ1n) is 10.8. The van der Waals surface area contributed by atoms with Gasteiger partial charge in [-0.05, 0) is 30.2 Å². The van der Waals surface area contributed by atoms with Crippen molar-refractivity contribution in [2.45, 2.75) is 38.7 Å². The number of H-pyrrole nitrogens is 1. The lowest BCUT2D eigenvalue weighted by atomic mass is 10.0. The molecule has 7 nitrogen and oxygen atoms in total. The van der Waals surface area contributed by atoms with Crippen molar-refractivity contribution >= 4 is 5.95 Å². The minimum atomic E-state index is -1.29. The first-order valence-corrected chi connectivity index (χ1v) is 10.8. The van der Waals surface area contributed by atoms with Crippen LogP contribution in [0.4, 0.5) is 14.7 Å². The Labute approximate surface area is 189 Å². The summed E-state index contributed by atoms with van der Waals surface area (Å²) in [6.07, 6.45) is 8.16. The number of nitrogens with zero attached hydrogens (tertiary/aromatic N) is 4. The summed E-state index contributed by atoms with van der Waals surface area (Å²) in [5.74, 6) is -1.71. The Hall–Kier alpha value is -3.80. The van der Waals surface area contributed by atoms with Crippen LogP contribution in [-0.4, -0.2) is 34.1 Å². The monoisotopic (exact) mass is 451 g/mol. The van der Waals surface area contributed by atoms with Crippen molar-refractivity contribution in [1.82, 2.24) is 15.0 Å². The maximum atomic E-state index is 14.6. The molecule has 4 rings (SSSR count). The number of ether oxygens (including phenoxy) is 1. The highest BCUT2D eigenvalue weighted by atomic mass is 19.2. The van der Waals surface area contributed by atoms with Gasteiger partial charge in [0.1, 0.15) is 17.9 Å². The SMILES string of the molecule is CCCc1cnc(N2CCC(Oc3cc[nH]c(=O)c3-c3ccc(C#N)c(F)c3F)CC2)nc1. The predicted octanol–water partition coefficient (Wildman–Crippen LogP) is 3.98. The number of benzene rings is 1. The number of pyridine rings is 1. The lowest BCUT2D eigenvalue weighted by Crippen LogP contribution is -2.39. The standard InChI is InChI=1S/C24H23F2N5O2/c1-2-3-15-13-29-24(30-14-15)31-10-7-17(8-11-31)33-19-6-9-28-23(32)20(19)18-5-4-16(12-27)21(25)22(18)26/h4-6,9,13-14,17H,2-3,7-8,10-11H2,1H3,(H,28,32). The number of rotatable bonds is 6. The lowest BCUT2D eigenvalue weighted by molar-refractivity contribution is 0.171. The Morgan fingerprint density at radius 3 is 2.58 bits per heavy atom. The molecule has 0 bridgehead atoms. The largest absolute Gasteiger partial charge is 0.489 e. The Morgan fingerprint density at radius 2 is 1.91 bits per heavy atom. The highest BCUT2D eigenvalue weighted by Crippen LogP contribution is 2.32. The second kappa shape index (κ2) is 9.77. The van der Waals surface area contributed by atoms with Crippen molar-refractivity contribution in [3.05, 3.63) is 69.9 Å². The molecule has 33 heavy (non-hydrogen) atoms. The van der Waals surface area contributed by atoms with Crippen molar-refractivity contribution < 1.29 is 13.5 Å². The zero-order chi connectivity index (χ0) is 23.4. The maximum absolute atomic E-state index is 14.6. The van der Waals surface area contributed by atoms with Crippen LogP contribution in [0, 0.1) is 23.0 Å². The quantitative estimate of drug-likeness (QED) is 0.609. The summed E-state index contributed by atoms with van der Waals surface area (Å²) in [6.45, 7) is 3.43. The Balaban J connectivity index is 1.50. The molecule has 170 valence electrons. The van der Waals surface area contributed by atoms with E-state index in [1.165, 1.54) is 18.3 Å². The van der Waals surface area contributed by atoms with Crippen molar-refractivity contribution in [3.8, 4) is 22.9 Å². The molecule has 1 aliphatic heterocycles. The van der Waals surface area contributed by atoms with E-state index in [0.29, 0.717) is 31.9 Å². The highest BCUT2D eigenvalue weighted by molar-refractivity contribution is 5.70. The lowest BCUT2D eigenvalue weighted by Gasteiger charge is -2.32. The third-order valence-corrected chi connectivity index (χ3v) is 5.64. The second-order valence-corrected chi connectivity index (χ2v) is 7.89. The molecule has 0 amide bonds. The summed E-state index contributed by atoms with van der Waals surface area (Å²) in [5, 5.41) is 8.91. The molecule has 0 spiro atoms. The molecule has 3 aromatic rings. The van der Waals surface area contributed by atoms with Crippen LogP contribution in [0.5, 0.6) is 5.75 Å². The summed E-state index contributed by atoms with van der Waals surface area (Å²) < 4.78 is 34.9. The third-order valence-electron chi connectivity index (χ3n) is 5.64. The summed E-state index contributed by atoms with van der Waals surface area (Å²) in [5.41, 5.74) is -0.276. The van der Waals surface area contributed by atoms with Crippen LogP contribution >= 0.6 is 0 Å². The number of aryl methyl sites for hydroxylation is 1.